The van der Waals surface area contributed by atoms with Crippen LogP contribution in [0.1, 0.15) is 17.7 Å². The first-order valence-electron chi connectivity index (χ1n) is 9.55. The normalized spacial score (nSPS) is 17.9. The molecular formula is C21H18N4O4S. The van der Waals surface area contributed by atoms with E-state index in [1.54, 1.807) is 17.2 Å². The molecule has 1 saturated heterocycles. The van der Waals surface area contributed by atoms with Crippen molar-refractivity contribution in [3.8, 4) is 11.3 Å². The Morgan fingerprint density at radius 3 is 3.07 bits per heavy atom. The molecule has 0 bridgehead atoms. The summed E-state index contributed by atoms with van der Waals surface area (Å²) in [6.07, 6.45) is 2.10. The number of carbonyl (C=O) groups is 3. The van der Waals surface area contributed by atoms with Crippen molar-refractivity contribution in [2.45, 2.75) is 19.4 Å². The van der Waals surface area contributed by atoms with Crippen LogP contribution in [0.3, 0.4) is 0 Å². The standard InChI is InChI=1S/C21H18N4O4S/c26-18-7-13-6-12(3-4-16(13)22-18)17-11-30-21(23-17)24-20(28)14-8-19(27)25(9-14)10-15-2-1-5-29-15/h1-6,11,14H,7-10H2,(H,22,26)(H,23,24,28)/t14-/m1/s1. The van der Waals surface area contributed by atoms with Gasteiger partial charge in [-0.1, -0.05) is 6.07 Å². The topological polar surface area (TPSA) is 105 Å². The number of amides is 3. The van der Waals surface area contributed by atoms with Crippen molar-refractivity contribution in [2.75, 3.05) is 17.2 Å². The van der Waals surface area contributed by atoms with Crippen LogP contribution in [0.15, 0.2) is 46.4 Å². The lowest BCUT2D eigenvalue weighted by Gasteiger charge is -2.14. The second-order valence-electron chi connectivity index (χ2n) is 7.38. The van der Waals surface area contributed by atoms with Crippen LogP contribution < -0.4 is 10.6 Å². The molecule has 2 N–H and O–H groups in total. The maximum Gasteiger partial charge on any atom is 0.231 e. The van der Waals surface area contributed by atoms with E-state index in [-0.39, 0.29) is 24.1 Å². The highest BCUT2D eigenvalue weighted by molar-refractivity contribution is 7.14. The molecule has 9 heteroatoms. The Kier molecular flexibility index (Phi) is 4.59. The van der Waals surface area contributed by atoms with E-state index < -0.39 is 5.92 Å². The van der Waals surface area contributed by atoms with Crippen molar-refractivity contribution in [2.24, 2.45) is 5.92 Å². The first kappa shape index (κ1) is 18.6. The molecule has 2 aliphatic heterocycles. The molecule has 0 unspecified atom stereocenters. The van der Waals surface area contributed by atoms with Gasteiger partial charge in [-0.15, -0.1) is 11.3 Å². The molecule has 5 rings (SSSR count). The third kappa shape index (κ3) is 3.59. The number of anilines is 2. The smallest absolute Gasteiger partial charge is 0.231 e. The minimum absolute atomic E-state index is 0.0133. The van der Waals surface area contributed by atoms with Crippen LogP contribution in [0.5, 0.6) is 0 Å². The fourth-order valence-corrected chi connectivity index (χ4v) is 4.47. The number of thiazole rings is 1. The minimum Gasteiger partial charge on any atom is -0.467 e. The maximum atomic E-state index is 12.7. The van der Waals surface area contributed by atoms with Crippen molar-refractivity contribution < 1.29 is 18.8 Å². The molecule has 2 aliphatic rings. The van der Waals surface area contributed by atoms with Crippen molar-refractivity contribution in [3.63, 3.8) is 0 Å². The van der Waals surface area contributed by atoms with E-state index in [9.17, 15) is 14.4 Å². The summed E-state index contributed by atoms with van der Waals surface area (Å²) in [6.45, 7) is 0.724. The van der Waals surface area contributed by atoms with Crippen LogP contribution in [0.4, 0.5) is 10.8 Å². The van der Waals surface area contributed by atoms with E-state index in [1.165, 1.54) is 11.3 Å². The van der Waals surface area contributed by atoms with Crippen molar-refractivity contribution in [3.05, 3.63) is 53.3 Å². The Bertz CT molecular complexity index is 1140. The molecule has 30 heavy (non-hydrogen) atoms. The van der Waals surface area contributed by atoms with E-state index in [0.717, 1.165) is 22.5 Å². The Labute approximate surface area is 175 Å². The van der Waals surface area contributed by atoms with E-state index in [2.05, 4.69) is 15.6 Å². The van der Waals surface area contributed by atoms with E-state index in [0.29, 0.717) is 30.4 Å². The van der Waals surface area contributed by atoms with Crippen molar-refractivity contribution in [1.29, 1.82) is 0 Å². The number of hydrogen-bond acceptors (Lipinski definition) is 6. The first-order chi connectivity index (χ1) is 14.5. The lowest BCUT2D eigenvalue weighted by atomic mass is 10.1. The molecule has 1 atom stereocenters. The summed E-state index contributed by atoms with van der Waals surface area (Å²) in [4.78, 5) is 42.6. The highest BCUT2D eigenvalue weighted by atomic mass is 32.1. The summed E-state index contributed by atoms with van der Waals surface area (Å²) in [5, 5.41) is 7.99. The molecule has 1 aromatic carbocycles. The van der Waals surface area contributed by atoms with Gasteiger partial charge in [0.25, 0.3) is 0 Å². The van der Waals surface area contributed by atoms with Crippen LogP contribution in [-0.2, 0) is 27.3 Å². The predicted molar refractivity (Wildman–Crippen MR) is 111 cm³/mol. The van der Waals surface area contributed by atoms with Gasteiger partial charge in [-0.25, -0.2) is 4.98 Å². The van der Waals surface area contributed by atoms with Crippen LogP contribution in [0.25, 0.3) is 11.3 Å². The Balaban J connectivity index is 1.23. The maximum absolute atomic E-state index is 12.7. The minimum atomic E-state index is -0.420. The molecule has 2 aromatic heterocycles. The van der Waals surface area contributed by atoms with Gasteiger partial charge in [-0.05, 0) is 29.8 Å². The average molecular weight is 422 g/mol. The number of rotatable bonds is 5. The third-order valence-corrected chi connectivity index (χ3v) is 6.03. The average Bonchev–Trinajstić information content (AvgIpc) is 3.49. The summed E-state index contributed by atoms with van der Waals surface area (Å²) >= 11 is 1.33. The molecule has 0 saturated carbocycles. The monoisotopic (exact) mass is 422 g/mol. The summed E-state index contributed by atoms with van der Waals surface area (Å²) in [5.74, 6) is -0.0136. The number of carbonyl (C=O) groups excluding carboxylic acids is 3. The second kappa shape index (κ2) is 7.42. The van der Waals surface area contributed by atoms with Gasteiger partial charge < -0.3 is 20.0 Å². The fraction of sp³-hybridized carbons (Fsp3) is 0.238. The van der Waals surface area contributed by atoms with Gasteiger partial charge in [0.05, 0.1) is 30.8 Å². The Hall–Kier alpha value is -3.46. The van der Waals surface area contributed by atoms with Gasteiger partial charge in [0, 0.05) is 29.6 Å². The molecular weight excluding hydrogens is 404 g/mol. The zero-order valence-corrected chi connectivity index (χ0v) is 16.7. The number of aromatic nitrogens is 1. The van der Waals surface area contributed by atoms with Gasteiger partial charge in [0.1, 0.15) is 5.76 Å². The first-order valence-corrected chi connectivity index (χ1v) is 10.4. The number of hydrogen-bond donors (Lipinski definition) is 2. The van der Waals surface area contributed by atoms with Crippen LogP contribution in [0.2, 0.25) is 0 Å². The molecule has 152 valence electrons. The van der Waals surface area contributed by atoms with E-state index in [4.69, 9.17) is 4.42 Å². The molecule has 1 fully saturated rings. The number of nitrogens with zero attached hydrogens (tertiary/aromatic N) is 2. The lowest BCUT2D eigenvalue weighted by molar-refractivity contribution is -0.128. The molecule has 3 amide bonds. The Morgan fingerprint density at radius 1 is 1.33 bits per heavy atom. The fourth-order valence-electron chi connectivity index (χ4n) is 3.75. The van der Waals surface area contributed by atoms with Crippen LogP contribution >= 0.6 is 11.3 Å². The largest absolute Gasteiger partial charge is 0.467 e. The quantitative estimate of drug-likeness (QED) is 0.658. The van der Waals surface area contributed by atoms with Gasteiger partial charge in [-0.3, -0.25) is 14.4 Å². The molecule has 0 aliphatic carbocycles. The summed E-state index contributed by atoms with van der Waals surface area (Å²) in [7, 11) is 0. The zero-order chi connectivity index (χ0) is 20.7. The second-order valence-corrected chi connectivity index (χ2v) is 8.24. The number of likely N-dealkylation sites (tertiary alicyclic amines) is 1. The van der Waals surface area contributed by atoms with Gasteiger partial charge in [-0.2, -0.15) is 0 Å². The summed E-state index contributed by atoms with van der Waals surface area (Å²) < 4.78 is 5.29. The lowest BCUT2D eigenvalue weighted by Crippen LogP contribution is -2.27. The molecule has 4 heterocycles. The summed E-state index contributed by atoms with van der Waals surface area (Å²) in [5.41, 5.74) is 3.40. The SMILES string of the molecule is O=C1Cc2cc(-c3csc(NC(=O)[C@@H]4CC(=O)N(Cc5ccco5)C4)n3)ccc2N1. The number of fused-ring (bicyclic) bond motifs is 1. The van der Waals surface area contributed by atoms with Crippen molar-refractivity contribution >= 4 is 39.9 Å². The predicted octanol–water partition coefficient (Wildman–Crippen LogP) is 2.88. The molecule has 0 radical (unpaired) electrons. The molecule has 0 spiro atoms. The zero-order valence-electron chi connectivity index (χ0n) is 15.9. The van der Waals surface area contributed by atoms with Gasteiger partial charge in [0.15, 0.2) is 5.13 Å². The van der Waals surface area contributed by atoms with E-state index >= 15 is 0 Å². The number of benzene rings is 1. The molecule has 3 aromatic rings. The highest BCUT2D eigenvalue weighted by Crippen LogP contribution is 2.31. The number of nitrogens with one attached hydrogen (secondary N) is 2. The van der Waals surface area contributed by atoms with Crippen LogP contribution in [0, 0.1) is 5.92 Å². The van der Waals surface area contributed by atoms with Gasteiger partial charge >= 0.3 is 0 Å². The molecule has 8 nitrogen and oxygen atoms in total. The Morgan fingerprint density at radius 2 is 2.23 bits per heavy atom. The van der Waals surface area contributed by atoms with E-state index in [1.807, 2.05) is 29.6 Å². The van der Waals surface area contributed by atoms with Gasteiger partial charge in [0.2, 0.25) is 17.7 Å². The third-order valence-electron chi connectivity index (χ3n) is 5.27. The highest BCUT2D eigenvalue weighted by Gasteiger charge is 2.35. The number of furan rings is 1. The van der Waals surface area contributed by atoms with Crippen molar-refractivity contribution in [1.82, 2.24) is 9.88 Å². The van der Waals surface area contributed by atoms with Crippen LogP contribution in [-0.4, -0.2) is 34.2 Å². The summed E-state index contributed by atoms with van der Waals surface area (Å²) in [6, 6.07) is 9.28.